The minimum absolute atomic E-state index is 0.0344. The van der Waals surface area contributed by atoms with E-state index >= 15 is 0 Å². The summed E-state index contributed by atoms with van der Waals surface area (Å²) >= 11 is 0. The second-order valence-corrected chi connectivity index (χ2v) is 10.8. The van der Waals surface area contributed by atoms with Crippen LogP contribution in [0.5, 0.6) is 23.0 Å². The van der Waals surface area contributed by atoms with Crippen LogP contribution in [-0.4, -0.2) is 6.71 Å². The van der Waals surface area contributed by atoms with Crippen LogP contribution in [0.4, 0.5) is 0 Å². The number of rotatable bonds is 2. The second-order valence-electron chi connectivity index (χ2n) is 10.8. The second kappa shape index (κ2) is 8.61. The van der Waals surface area contributed by atoms with Gasteiger partial charge < -0.3 is 9.47 Å². The summed E-state index contributed by atoms with van der Waals surface area (Å²) in [4.78, 5) is 0. The van der Waals surface area contributed by atoms with Crippen LogP contribution in [-0.2, 0) is 0 Å². The van der Waals surface area contributed by atoms with E-state index in [0.29, 0.717) is 0 Å². The smallest absolute Gasteiger partial charge is 0.260 e. The summed E-state index contributed by atoms with van der Waals surface area (Å²) in [6.07, 6.45) is 0. The first-order valence-corrected chi connectivity index (χ1v) is 14.1. The monoisotopic (exact) mass is 522 g/mol. The van der Waals surface area contributed by atoms with Gasteiger partial charge >= 0.3 is 0 Å². The molecule has 41 heavy (non-hydrogen) atoms. The molecule has 2 heterocycles. The van der Waals surface area contributed by atoms with Crippen molar-refractivity contribution in [2.24, 2.45) is 0 Å². The molecule has 2 aliphatic heterocycles. The Labute approximate surface area is 238 Å². The lowest BCUT2D eigenvalue weighted by molar-refractivity contribution is 0.467. The van der Waals surface area contributed by atoms with E-state index in [2.05, 4.69) is 133 Å². The van der Waals surface area contributed by atoms with Crippen LogP contribution < -0.4 is 25.9 Å². The van der Waals surface area contributed by atoms with Gasteiger partial charge in [0.05, 0.1) is 0 Å². The molecule has 2 nitrogen and oxygen atoms in total. The van der Waals surface area contributed by atoms with Gasteiger partial charge in [-0.25, -0.2) is 0 Å². The minimum Gasteiger partial charge on any atom is -0.458 e. The molecule has 0 N–H and O–H groups in total. The Morgan fingerprint density at radius 2 is 0.854 bits per heavy atom. The first-order chi connectivity index (χ1) is 20.3. The van der Waals surface area contributed by atoms with Crippen LogP contribution >= 0.6 is 0 Å². The molecule has 0 bridgehead atoms. The van der Waals surface area contributed by atoms with Crippen LogP contribution in [0, 0.1) is 0 Å². The van der Waals surface area contributed by atoms with Crippen molar-refractivity contribution in [1.82, 2.24) is 0 Å². The maximum Gasteiger partial charge on any atom is 0.260 e. The molecule has 2 aliphatic rings. The van der Waals surface area contributed by atoms with Gasteiger partial charge in [-0.05, 0) is 55.7 Å². The summed E-state index contributed by atoms with van der Waals surface area (Å²) in [5.74, 6) is 3.55. The van der Waals surface area contributed by atoms with Crippen molar-refractivity contribution in [2.75, 3.05) is 0 Å². The van der Waals surface area contributed by atoms with E-state index in [9.17, 15) is 0 Å². The van der Waals surface area contributed by atoms with E-state index < -0.39 is 0 Å². The van der Waals surface area contributed by atoms with Crippen molar-refractivity contribution >= 4 is 44.6 Å². The fourth-order valence-corrected chi connectivity index (χ4v) is 6.82. The topological polar surface area (TPSA) is 18.5 Å². The Hall–Kier alpha value is -5.28. The molecule has 0 saturated carbocycles. The summed E-state index contributed by atoms with van der Waals surface area (Å²) in [5.41, 5.74) is 7.99. The highest BCUT2D eigenvalue weighted by Crippen LogP contribution is 2.45. The normalized spacial score (nSPS) is 12.7. The van der Waals surface area contributed by atoms with Gasteiger partial charge in [0.2, 0.25) is 0 Å². The Morgan fingerprint density at radius 3 is 1.34 bits per heavy atom. The van der Waals surface area contributed by atoms with Gasteiger partial charge in [0.15, 0.2) is 0 Å². The highest BCUT2D eigenvalue weighted by molar-refractivity contribution is 6.98. The highest BCUT2D eigenvalue weighted by atomic mass is 16.5. The standard InChI is InChI=1S/C38H23BO2/c1-3-12-24(13-4-1)34-28-18-9-7-16-26(28)22-30-37(34)40-32-20-11-21-33-36(32)39(30)31-23-27-17-8-10-19-29(27)35(38(31)41-33)25-14-5-2-6-15-25/h1-23H. The molecule has 0 radical (unpaired) electrons. The lowest BCUT2D eigenvalue weighted by Gasteiger charge is -2.35. The van der Waals surface area contributed by atoms with E-state index in [0.717, 1.165) is 50.7 Å². The third-order valence-electron chi connectivity index (χ3n) is 8.55. The molecule has 0 spiro atoms. The van der Waals surface area contributed by atoms with Crippen molar-refractivity contribution < 1.29 is 9.47 Å². The van der Waals surface area contributed by atoms with E-state index in [4.69, 9.17) is 9.47 Å². The summed E-state index contributed by atoms with van der Waals surface area (Å²) < 4.78 is 13.7. The van der Waals surface area contributed by atoms with Gasteiger partial charge in [-0.15, -0.1) is 0 Å². The van der Waals surface area contributed by atoms with Crippen molar-refractivity contribution in [3.05, 3.63) is 140 Å². The molecule has 0 aromatic heterocycles. The predicted molar refractivity (Wildman–Crippen MR) is 170 cm³/mol. The maximum absolute atomic E-state index is 6.86. The molecule has 0 unspecified atom stereocenters. The number of benzene rings is 7. The summed E-state index contributed by atoms with van der Waals surface area (Å²) in [6, 6.07) is 49.3. The van der Waals surface area contributed by atoms with Crippen LogP contribution in [0.1, 0.15) is 0 Å². The van der Waals surface area contributed by atoms with Crippen LogP contribution in [0.15, 0.2) is 140 Å². The average molecular weight is 522 g/mol. The fraction of sp³-hybridized carbons (Fsp3) is 0. The Bertz CT molecular complexity index is 2000. The Balaban J connectivity index is 1.42. The van der Waals surface area contributed by atoms with Gasteiger partial charge in [-0.1, -0.05) is 127 Å². The molecular formula is C38H23BO2. The van der Waals surface area contributed by atoms with Crippen LogP contribution in [0.3, 0.4) is 0 Å². The molecule has 3 heteroatoms. The quantitative estimate of drug-likeness (QED) is 0.214. The van der Waals surface area contributed by atoms with E-state index in [1.54, 1.807) is 0 Å². The van der Waals surface area contributed by atoms with E-state index in [-0.39, 0.29) is 6.71 Å². The van der Waals surface area contributed by atoms with Crippen molar-refractivity contribution in [3.63, 3.8) is 0 Å². The molecule has 7 aromatic rings. The average Bonchev–Trinajstić information content (AvgIpc) is 3.03. The molecule has 190 valence electrons. The molecule has 7 aromatic carbocycles. The molecule has 0 aliphatic carbocycles. The van der Waals surface area contributed by atoms with Gasteiger partial charge in [0, 0.05) is 16.6 Å². The van der Waals surface area contributed by atoms with Crippen LogP contribution in [0.25, 0.3) is 43.8 Å². The van der Waals surface area contributed by atoms with Gasteiger partial charge in [0.1, 0.15) is 23.0 Å². The highest BCUT2D eigenvalue weighted by Gasteiger charge is 2.42. The lowest BCUT2D eigenvalue weighted by atomic mass is 9.34. The zero-order valence-corrected chi connectivity index (χ0v) is 22.2. The third kappa shape index (κ3) is 3.26. The largest absolute Gasteiger partial charge is 0.458 e. The van der Waals surface area contributed by atoms with Gasteiger partial charge in [-0.2, -0.15) is 0 Å². The molecule has 0 amide bonds. The number of fused-ring (bicyclic) bond motifs is 6. The summed E-state index contributed by atoms with van der Waals surface area (Å²) in [5, 5.41) is 4.78. The molecule has 0 saturated heterocycles. The summed E-state index contributed by atoms with van der Waals surface area (Å²) in [6.45, 7) is -0.0344. The van der Waals surface area contributed by atoms with Gasteiger partial charge in [-0.3, -0.25) is 0 Å². The maximum atomic E-state index is 6.86. The molecular weight excluding hydrogens is 499 g/mol. The Morgan fingerprint density at radius 1 is 0.415 bits per heavy atom. The van der Waals surface area contributed by atoms with Crippen molar-refractivity contribution in [2.45, 2.75) is 0 Å². The lowest BCUT2D eigenvalue weighted by Crippen LogP contribution is -2.57. The summed E-state index contributed by atoms with van der Waals surface area (Å²) in [7, 11) is 0. The zero-order chi connectivity index (χ0) is 26.9. The molecule has 0 fully saturated rings. The van der Waals surface area contributed by atoms with E-state index in [1.165, 1.54) is 32.5 Å². The SMILES string of the molecule is c1ccc(-c2c3c(cc4ccccc24)B2c4cc5ccccc5c(-c5ccccc5)c4Oc4cccc(c42)O3)cc1. The molecule has 0 atom stereocenters. The predicted octanol–water partition coefficient (Wildman–Crippen LogP) is 8.05. The van der Waals surface area contributed by atoms with Crippen molar-refractivity contribution in [3.8, 4) is 45.3 Å². The number of hydrogen-bond donors (Lipinski definition) is 0. The number of hydrogen-bond acceptors (Lipinski definition) is 2. The van der Waals surface area contributed by atoms with Crippen molar-refractivity contribution in [1.29, 1.82) is 0 Å². The van der Waals surface area contributed by atoms with Crippen LogP contribution in [0.2, 0.25) is 0 Å². The fourth-order valence-electron chi connectivity index (χ4n) is 6.82. The first-order valence-electron chi connectivity index (χ1n) is 14.1. The Kier molecular flexibility index (Phi) is 4.73. The first kappa shape index (κ1) is 22.5. The van der Waals surface area contributed by atoms with E-state index in [1.807, 2.05) is 6.07 Å². The minimum atomic E-state index is -0.0344. The molecule has 9 rings (SSSR count). The number of ether oxygens (including phenoxy) is 2. The third-order valence-corrected chi connectivity index (χ3v) is 8.55. The zero-order valence-electron chi connectivity index (χ0n) is 22.2. The van der Waals surface area contributed by atoms with Gasteiger partial charge in [0.25, 0.3) is 6.71 Å².